The Balaban J connectivity index is 2.24. The molecule has 0 radical (unpaired) electrons. The van der Waals surface area contributed by atoms with Crippen LogP contribution in [0.2, 0.25) is 0 Å². The fourth-order valence-electron chi connectivity index (χ4n) is 1.94. The third-order valence-electron chi connectivity index (χ3n) is 2.83. The lowest BCUT2D eigenvalue weighted by Gasteiger charge is -2.23. The molecule has 0 aromatic carbocycles. The van der Waals surface area contributed by atoms with Crippen LogP contribution in [0.5, 0.6) is 0 Å². The molecule has 0 spiro atoms. The minimum absolute atomic E-state index is 0.333. The van der Waals surface area contributed by atoms with Crippen LogP contribution in [0.4, 0.5) is 0 Å². The van der Waals surface area contributed by atoms with E-state index in [1.807, 2.05) is 17.7 Å². The second-order valence-electron chi connectivity index (χ2n) is 3.82. The zero-order chi connectivity index (χ0) is 10.7. The van der Waals surface area contributed by atoms with Gasteiger partial charge >= 0.3 is 0 Å². The summed E-state index contributed by atoms with van der Waals surface area (Å²) in [4.78, 5) is 10.9. The van der Waals surface area contributed by atoms with Crippen LogP contribution in [-0.2, 0) is 11.2 Å². The lowest BCUT2D eigenvalue weighted by atomic mass is 10.1. The number of nitrogens with zero attached hydrogens (tertiary/aromatic N) is 2. The molecular formula is C11H16N2O2. The zero-order valence-corrected chi connectivity index (χ0v) is 8.98. The van der Waals surface area contributed by atoms with E-state index in [9.17, 15) is 4.79 Å². The monoisotopic (exact) mass is 208 g/mol. The van der Waals surface area contributed by atoms with Gasteiger partial charge in [0.25, 0.3) is 0 Å². The number of hydrogen-bond donors (Lipinski definition) is 0. The van der Waals surface area contributed by atoms with E-state index >= 15 is 0 Å². The van der Waals surface area contributed by atoms with Gasteiger partial charge in [-0.2, -0.15) is 5.10 Å². The van der Waals surface area contributed by atoms with E-state index in [-0.39, 0.29) is 0 Å². The lowest BCUT2D eigenvalue weighted by Crippen LogP contribution is -2.22. The highest BCUT2D eigenvalue weighted by atomic mass is 16.5. The third kappa shape index (κ3) is 2.09. The van der Waals surface area contributed by atoms with Gasteiger partial charge < -0.3 is 4.74 Å². The van der Waals surface area contributed by atoms with Crippen LogP contribution in [-0.4, -0.2) is 29.3 Å². The molecule has 1 aromatic heterocycles. The van der Waals surface area contributed by atoms with Gasteiger partial charge in [-0.25, -0.2) is 0 Å². The quantitative estimate of drug-likeness (QED) is 0.709. The number of carbonyl (C=O) groups is 1. The molecule has 0 N–H and O–H groups in total. The maximum atomic E-state index is 10.9. The van der Waals surface area contributed by atoms with Gasteiger partial charge in [-0.05, 0) is 25.3 Å². The average molecular weight is 208 g/mol. The van der Waals surface area contributed by atoms with Gasteiger partial charge in [0.1, 0.15) is 5.69 Å². The SMILES string of the molecule is CCc1cc(C=O)n(C2CCOCC2)n1. The molecule has 2 rings (SSSR count). The number of ether oxygens (including phenoxy) is 1. The normalized spacial score (nSPS) is 17.9. The summed E-state index contributed by atoms with van der Waals surface area (Å²) in [6, 6.07) is 2.21. The van der Waals surface area contributed by atoms with E-state index in [0.29, 0.717) is 11.7 Å². The van der Waals surface area contributed by atoms with Crippen LogP contribution < -0.4 is 0 Å². The first-order valence-electron chi connectivity index (χ1n) is 5.46. The van der Waals surface area contributed by atoms with Crippen LogP contribution in [0.3, 0.4) is 0 Å². The van der Waals surface area contributed by atoms with Crippen molar-refractivity contribution in [3.8, 4) is 0 Å². The molecule has 0 atom stereocenters. The minimum atomic E-state index is 0.333. The van der Waals surface area contributed by atoms with Crippen LogP contribution in [0.25, 0.3) is 0 Å². The molecular weight excluding hydrogens is 192 g/mol. The summed E-state index contributed by atoms with van der Waals surface area (Å²) < 4.78 is 7.17. The Morgan fingerprint density at radius 1 is 1.60 bits per heavy atom. The molecule has 4 heteroatoms. The summed E-state index contributed by atoms with van der Waals surface area (Å²) >= 11 is 0. The zero-order valence-electron chi connectivity index (χ0n) is 8.98. The summed E-state index contributed by atoms with van der Waals surface area (Å²) in [5.41, 5.74) is 1.68. The van der Waals surface area contributed by atoms with E-state index in [0.717, 1.165) is 44.5 Å². The Kier molecular flexibility index (Phi) is 3.16. The topological polar surface area (TPSA) is 44.1 Å². The van der Waals surface area contributed by atoms with Crippen molar-refractivity contribution in [1.29, 1.82) is 0 Å². The Labute approximate surface area is 89.2 Å². The number of aldehydes is 1. The van der Waals surface area contributed by atoms with Crippen molar-refractivity contribution in [3.05, 3.63) is 17.5 Å². The van der Waals surface area contributed by atoms with Gasteiger partial charge in [0.05, 0.1) is 11.7 Å². The molecule has 0 unspecified atom stereocenters. The van der Waals surface area contributed by atoms with Crippen molar-refractivity contribution < 1.29 is 9.53 Å². The summed E-state index contributed by atoms with van der Waals surface area (Å²) in [5.74, 6) is 0. The first kappa shape index (κ1) is 10.4. The molecule has 0 bridgehead atoms. The van der Waals surface area contributed by atoms with Crippen molar-refractivity contribution in [1.82, 2.24) is 9.78 Å². The Hall–Kier alpha value is -1.16. The third-order valence-corrected chi connectivity index (χ3v) is 2.83. The Morgan fingerprint density at radius 3 is 2.93 bits per heavy atom. The maximum Gasteiger partial charge on any atom is 0.168 e. The van der Waals surface area contributed by atoms with Crippen molar-refractivity contribution in [2.24, 2.45) is 0 Å². The smallest absolute Gasteiger partial charge is 0.168 e. The van der Waals surface area contributed by atoms with Gasteiger partial charge in [-0.3, -0.25) is 9.48 Å². The molecule has 1 aliphatic heterocycles. The molecule has 1 aromatic rings. The molecule has 1 saturated heterocycles. The standard InChI is InChI=1S/C11H16N2O2/c1-2-9-7-11(8-14)13(12-9)10-3-5-15-6-4-10/h7-8,10H,2-6H2,1H3. The molecule has 0 amide bonds. The van der Waals surface area contributed by atoms with Crippen molar-refractivity contribution in [2.75, 3.05) is 13.2 Å². The second-order valence-corrected chi connectivity index (χ2v) is 3.82. The maximum absolute atomic E-state index is 10.9. The molecule has 15 heavy (non-hydrogen) atoms. The van der Waals surface area contributed by atoms with Gasteiger partial charge in [-0.15, -0.1) is 0 Å². The van der Waals surface area contributed by atoms with Crippen LogP contribution >= 0.6 is 0 Å². The molecule has 4 nitrogen and oxygen atoms in total. The van der Waals surface area contributed by atoms with Crippen molar-refractivity contribution >= 4 is 6.29 Å². The van der Waals surface area contributed by atoms with Gasteiger partial charge in [0.15, 0.2) is 6.29 Å². The van der Waals surface area contributed by atoms with Gasteiger partial charge in [0, 0.05) is 13.2 Å². The first-order valence-corrected chi connectivity index (χ1v) is 5.46. The molecule has 0 aliphatic carbocycles. The Morgan fingerprint density at radius 2 is 2.33 bits per heavy atom. The highest BCUT2D eigenvalue weighted by molar-refractivity contribution is 5.72. The van der Waals surface area contributed by atoms with Crippen LogP contribution in [0, 0.1) is 0 Å². The summed E-state index contributed by atoms with van der Waals surface area (Å²) in [7, 11) is 0. The molecule has 1 aliphatic rings. The first-order chi connectivity index (χ1) is 7.35. The molecule has 82 valence electrons. The molecule has 1 fully saturated rings. The summed E-state index contributed by atoms with van der Waals surface area (Å²) in [6.45, 7) is 3.58. The minimum Gasteiger partial charge on any atom is -0.381 e. The fourth-order valence-corrected chi connectivity index (χ4v) is 1.94. The van der Waals surface area contributed by atoms with Crippen LogP contribution in [0.15, 0.2) is 6.07 Å². The lowest BCUT2D eigenvalue weighted by molar-refractivity contribution is 0.0651. The molecule has 2 heterocycles. The van der Waals surface area contributed by atoms with Crippen molar-refractivity contribution in [3.63, 3.8) is 0 Å². The largest absolute Gasteiger partial charge is 0.381 e. The number of rotatable bonds is 3. The average Bonchev–Trinajstić information content (AvgIpc) is 2.73. The van der Waals surface area contributed by atoms with E-state index in [1.165, 1.54) is 0 Å². The van der Waals surface area contributed by atoms with Gasteiger partial charge in [-0.1, -0.05) is 6.92 Å². The number of aryl methyl sites for hydroxylation is 1. The predicted octanol–water partition coefficient (Wildman–Crippen LogP) is 1.61. The predicted molar refractivity (Wildman–Crippen MR) is 56.1 cm³/mol. The summed E-state index contributed by atoms with van der Waals surface area (Å²) in [6.07, 6.45) is 3.66. The second kappa shape index (κ2) is 4.57. The highest BCUT2D eigenvalue weighted by Gasteiger charge is 2.19. The van der Waals surface area contributed by atoms with Crippen LogP contribution in [0.1, 0.15) is 42.0 Å². The number of hydrogen-bond acceptors (Lipinski definition) is 3. The van der Waals surface area contributed by atoms with E-state index in [4.69, 9.17) is 4.74 Å². The van der Waals surface area contributed by atoms with Crippen molar-refractivity contribution in [2.45, 2.75) is 32.2 Å². The highest BCUT2D eigenvalue weighted by Crippen LogP contribution is 2.22. The van der Waals surface area contributed by atoms with Gasteiger partial charge in [0.2, 0.25) is 0 Å². The number of aromatic nitrogens is 2. The van der Waals surface area contributed by atoms with E-state index in [1.54, 1.807) is 0 Å². The Bertz CT molecular complexity index is 340. The van der Waals surface area contributed by atoms with E-state index in [2.05, 4.69) is 5.10 Å². The summed E-state index contributed by atoms with van der Waals surface area (Å²) in [5, 5.41) is 4.45. The molecule has 0 saturated carbocycles. The fraction of sp³-hybridized carbons (Fsp3) is 0.636. The number of carbonyl (C=O) groups excluding carboxylic acids is 1. The van der Waals surface area contributed by atoms with E-state index < -0.39 is 0 Å².